The number of hydrogen-bond acceptors (Lipinski definition) is 3. The monoisotopic (exact) mass is 346 g/mol. The van der Waals surface area contributed by atoms with Gasteiger partial charge in [-0.2, -0.15) is 0 Å². The second-order valence-corrected chi connectivity index (χ2v) is 6.94. The summed E-state index contributed by atoms with van der Waals surface area (Å²) in [4.78, 5) is 35.9. The van der Waals surface area contributed by atoms with E-state index in [2.05, 4.69) is 10.6 Å². The Kier molecular flexibility index (Phi) is 6.56. The molecule has 3 N–H and O–H groups in total. The van der Waals surface area contributed by atoms with Crippen LogP contribution in [-0.2, 0) is 9.59 Å². The van der Waals surface area contributed by atoms with Crippen molar-refractivity contribution in [2.24, 2.45) is 11.8 Å². The first-order valence-corrected chi connectivity index (χ1v) is 8.83. The van der Waals surface area contributed by atoms with Gasteiger partial charge in [-0.05, 0) is 37.0 Å². The van der Waals surface area contributed by atoms with Crippen molar-refractivity contribution in [3.8, 4) is 0 Å². The lowest BCUT2D eigenvalue weighted by molar-refractivity contribution is -0.140. The molecule has 1 fully saturated rings. The molecule has 25 heavy (non-hydrogen) atoms. The number of anilines is 1. The average Bonchev–Trinajstić information content (AvgIpc) is 2.59. The normalized spacial score (nSPS) is 16.3. The number of benzene rings is 1. The Labute approximate surface area is 148 Å². The molecular formula is C19H26N2O4. The zero-order valence-corrected chi connectivity index (χ0v) is 14.7. The quantitative estimate of drug-likeness (QED) is 0.738. The van der Waals surface area contributed by atoms with E-state index in [0.29, 0.717) is 11.3 Å². The van der Waals surface area contributed by atoms with Crippen LogP contribution in [0.25, 0.3) is 0 Å². The molecule has 0 aromatic heterocycles. The fraction of sp³-hybridized carbons (Fsp3) is 0.526. The summed E-state index contributed by atoms with van der Waals surface area (Å²) < 4.78 is 0. The molecule has 0 unspecified atom stereocenters. The van der Waals surface area contributed by atoms with E-state index in [1.165, 1.54) is 6.42 Å². The standard InChI is InChI=1S/C19H26N2O4/c1-12(2)16(19(24)25)21-18(23)14-9-6-10-15(11-14)20-17(22)13-7-4-3-5-8-13/h6,9-13,16H,3-5,7-8H2,1-2H3,(H,20,22)(H,21,23)(H,24,25)/t16-/m0/s1. The topological polar surface area (TPSA) is 95.5 Å². The van der Waals surface area contributed by atoms with Crippen molar-refractivity contribution in [3.63, 3.8) is 0 Å². The predicted octanol–water partition coefficient (Wildman–Crippen LogP) is 3.04. The molecule has 1 aromatic carbocycles. The number of carboxylic acids is 1. The summed E-state index contributed by atoms with van der Waals surface area (Å²) in [5.74, 6) is -1.73. The van der Waals surface area contributed by atoms with Gasteiger partial charge in [0, 0.05) is 17.2 Å². The molecular weight excluding hydrogens is 320 g/mol. The molecule has 1 aliphatic carbocycles. The number of carbonyl (C=O) groups is 3. The summed E-state index contributed by atoms with van der Waals surface area (Å²) >= 11 is 0. The van der Waals surface area contributed by atoms with Gasteiger partial charge in [-0.3, -0.25) is 9.59 Å². The maximum absolute atomic E-state index is 12.3. The minimum Gasteiger partial charge on any atom is -0.480 e. The van der Waals surface area contributed by atoms with Crippen LogP contribution in [0.4, 0.5) is 5.69 Å². The number of carboxylic acid groups (broad SMARTS) is 1. The number of aliphatic carboxylic acids is 1. The Balaban J connectivity index is 2.03. The highest BCUT2D eigenvalue weighted by molar-refractivity contribution is 5.99. The van der Waals surface area contributed by atoms with Crippen LogP contribution in [0.2, 0.25) is 0 Å². The molecule has 2 rings (SSSR count). The van der Waals surface area contributed by atoms with Crippen molar-refractivity contribution < 1.29 is 19.5 Å². The molecule has 6 nitrogen and oxygen atoms in total. The minimum atomic E-state index is -1.06. The van der Waals surface area contributed by atoms with Crippen LogP contribution < -0.4 is 10.6 Å². The number of hydrogen-bond donors (Lipinski definition) is 3. The van der Waals surface area contributed by atoms with Gasteiger partial charge in [0.25, 0.3) is 5.91 Å². The number of amides is 2. The summed E-state index contributed by atoms with van der Waals surface area (Å²) in [7, 11) is 0. The summed E-state index contributed by atoms with van der Waals surface area (Å²) in [6.45, 7) is 3.47. The van der Waals surface area contributed by atoms with Gasteiger partial charge in [0.1, 0.15) is 6.04 Å². The fourth-order valence-corrected chi connectivity index (χ4v) is 3.09. The van der Waals surface area contributed by atoms with Gasteiger partial charge in [-0.25, -0.2) is 4.79 Å². The fourth-order valence-electron chi connectivity index (χ4n) is 3.09. The first-order chi connectivity index (χ1) is 11.9. The Morgan fingerprint density at radius 2 is 1.80 bits per heavy atom. The maximum atomic E-state index is 12.3. The molecule has 0 heterocycles. The van der Waals surface area contributed by atoms with Gasteiger partial charge in [-0.1, -0.05) is 39.2 Å². The highest BCUT2D eigenvalue weighted by Gasteiger charge is 2.24. The Morgan fingerprint density at radius 1 is 1.12 bits per heavy atom. The lowest BCUT2D eigenvalue weighted by atomic mass is 9.88. The lowest BCUT2D eigenvalue weighted by Crippen LogP contribution is -2.44. The molecule has 1 aromatic rings. The van der Waals surface area contributed by atoms with Crippen LogP contribution in [0.1, 0.15) is 56.3 Å². The first-order valence-electron chi connectivity index (χ1n) is 8.83. The smallest absolute Gasteiger partial charge is 0.326 e. The van der Waals surface area contributed by atoms with Crippen LogP contribution >= 0.6 is 0 Å². The van der Waals surface area contributed by atoms with Crippen LogP contribution in [0, 0.1) is 11.8 Å². The molecule has 2 amide bonds. The Morgan fingerprint density at radius 3 is 2.40 bits per heavy atom. The van der Waals surface area contributed by atoms with Crippen molar-refractivity contribution in [2.75, 3.05) is 5.32 Å². The van der Waals surface area contributed by atoms with E-state index in [4.69, 9.17) is 0 Å². The average molecular weight is 346 g/mol. The largest absolute Gasteiger partial charge is 0.480 e. The van der Waals surface area contributed by atoms with Crippen LogP contribution in [-0.4, -0.2) is 28.9 Å². The zero-order valence-electron chi connectivity index (χ0n) is 14.7. The van der Waals surface area contributed by atoms with Gasteiger partial charge in [0.2, 0.25) is 5.91 Å². The lowest BCUT2D eigenvalue weighted by Gasteiger charge is -2.21. The van der Waals surface area contributed by atoms with E-state index >= 15 is 0 Å². The van der Waals surface area contributed by atoms with Gasteiger partial charge in [0.15, 0.2) is 0 Å². The van der Waals surface area contributed by atoms with Crippen LogP contribution in [0.3, 0.4) is 0 Å². The van der Waals surface area contributed by atoms with E-state index < -0.39 is 17.9 Å². The molecule has 136 valence electrons. The van der Waals surface area contributed by atoms with Crippen molar-refractivity contribution >= 4 is 23.5 Å². The van der Waals surface area contributed by atoms with E-state index in [1.807, 2.05) is 0 Å². The molecule has 1 atom stereocenters. The Bertz CT molecular complexity index is 636. The SMILES string of the molecule is CC(C)[C@H](NC(=O)c1cccc(NC(=O)C2CCCCC2)c1)C(=O)O. The van der Waals surface area contributed by atoms with Gasteiger partial charge >= 0.3 is 5.97 Å². The third-order valence-electron chi connectivity index (χ3n) is 4.59. The van der Waals surface area contributed by atoms with Crippen molar-refractivity contribution in [3.05, 3.63) is 29.8 Å². The zero-order chi connectivity index (χ0) is 18.4. The second-order valence-electron chi connectivity index (χ2n) is 6.94. The Hall–Kier alpha value is -2.37. The molecule has 0 saturated heterocycles. The van der Waals surface area contributed by atoms with Crippen molar-refractivity contribution in [1.29, 1.82) is 0 Å². The summed E-state index contributed by atoms with van der Waals surface area (Å²) in [6.07, 6.45) is 5.14. The second kappa shape index (κ2) is 8.65. The predicted molar refractivity (Wildman–Crippen MR) is 95.4 cm³/mol. The maximum Gasteiger partial charge on any atom is 0.326 e. The highest BCUT2D eigenvalue weighted by atomic mass is 16.4. The summed E-state index contributed by atoms with van der Waals surface area (Å²) in [5, 5.41) is 14.6. The molecule has 6 heteroatoms. The molecule has 0 aliphatic heterocycles. The van der Waals surface area contributed by atoms with Gasteiger partial charge < -0.3 is 15.7 Å². The molecule has 0 spiro atoms. The molecule has 0 bridgehead atoms. The van der Waals surface area contributed by atoms with Gasteiger partial charge in [0.05, 0.1) is 0 Å². The third kappa shape index (κ3) is 5.31. The van der Waals surface area contributed by atoms with Crippen LogP contribution in [0.5, 0.6) is 0 Å². The highest BCUT2D eigenvalue weighted by Crippen LogP contribution is 2.25. The minimum absolute atomic E-state index is 0.0112. The van der Waals surface area contributed by atoms with Crippen LogP contribution in [0.15, 0.2) is 24.3 Å². The summed E-state index contributed by atoms with van der Waals surface area (Å²) in [5.41, 5.74) is 0.882. The number of nitrogens with one attached hydrogen (secondary N) is 2. The van der Waals surface area contributed by atoms with Crippen molar-refractivity contribution in [1.82, 2.24) is 5.32 Å². The third-order valence-corrected chi connectivity index (χ3v) is 4.59. The molecule has 1 aliphatic rings. The molecule has 0 radical (unpaired) electrons. The number of rotatable bonds is 6. The van der Waals surface area contributed by atoms with E-state index in [-0.39, 0.29) is 17.7 Å². The number of carbonyl (C=O) groups excluding carboxylic acids is 2. The van der Waals surface area contributed by atoms with E-state index in [0.717, 1.165) is 25.7 Å². The van der Waals surface area contributed by atoms with E-state index in [1.54, 1.807) is 38.1 Å². The first kappa shape index (κ1) is 19.0. The summed E-state index contributed by atoms with van der Waals surface area (Å²) in [6, 6.07) is 5.64. The van der Waals surface area contributed by atoms with Crippen molar-refractivity contribution in [2.45, 2.75) is 52.0 Å². The van der Waals surface area contributed by atoms with Gasteiger partial charge in [-0.15, -0.1) is 0 Å². The van der Waals surface area contributed by atoms with E-state index in [9.17, 15) is 19.5 Å². The molecule has 1 saturated carbocycles.